The van der Waals surface area contributed by atoms with Crippen molar-refractivity contribution in [3.8, 4) is 11.8 Å². The Hall–Kier alpha value is -2.32. The summed E-state index contributed by atoms with van der Waals surface area (Å²) < 4.78 is 0.755. The summed E-state index contributed by atoms with van der Waals surface area (Å²) in [5.74, 6) is -0.547. The first kappa shape index (κ1) is 14.1. The van der Waals surface area contributed by atoms with Crippen LogP contribution in [-0.2, 0) is 0 Å². The molecule has 4 nitrogen and oxygen atoms in total. The summed E-state index contributed by atoms with van der Waals surface area (Å²) in [6.07, 6.45) is 0. The van der Waals surface area contributed by atoms with Crippen molar-refractivity contribution < 1.29 is 9.90 Å². The van der Waals surface area contributed by atoms with Crippen molar-refractivity contribution in [1.29, 1.82) is 5.26 Å². The van der Waals surface area contributed by atoms with E-state index in [2.05, 4.69) is 21.2 Å². The SMILES string of the molecule is Cc1ccc(O)c(C(=O)Nc2ccc(Br)cc2C#N)c1. The molecule has 0 heterocycles. The Balaban J connectivity index is 2.33. The lowest BCUT2D eigenvalue weighted by molar-refractivity contribution is 0.102. The average Bonchev–Trinajstić information content (AvgIpc) is 2.43. The Labute approximate surface area is 124 Å². The first-order valence-corrected chi connectivity index (χ1v) is 6.61. The van der Waals surface area contributed by atoms with Crippen molar-refractivity contribution in [2.75, 3.05) is 5.32 Å². The van der Waals surface area contributed by atoms with Crippen LogP contribution < -0.4 is 5.32 Å². The van der Waals surface area contributed by atoms with Crippen LogP contribution in [0.2, 0.25) is 0 Å². The van der Waals surface area contributed by atoms with E-state index in [4.69, 9.17) is 5.26 Å². The second kappa shape index (κ2) is 5.76. The number of phenolic OH excluding ortho intramolecular Hbond substituents is 1. The van der Waals surface area contributed by atoms with E-state index >= 15 is 0 Å². The molecule has 0 atom stereocenters. The van der Waals surface area contributed by atoms with Gasteiger partial charge in [-0.15, -0.1) is 0 Å². The highest BCUT2D eigenvalue weighted by atomic mass is 79.9. The molecule has 0 radical (unpaired) electrons. The van der Waals surface area contributed by atoms with Crippen LogP contribution in [-0.4, -0.2) is 11.0 Å². The maximum Gasteiger partial charge on any atom is 0.259 e. The number of phenols is 1. The van der Waals surface area contributed by atoms with E-state index in [-0.39, 0.29) is 11.3 Å². The summed E-state index contributed by atoms with van der Waals surface area (Å²) in [5.41, 5.74) is 1.79. The van der Waals surface area contributed by atoms with E-state index < -0.39 is 5.91 Å². The molecule has 2 aromatic rings. The van der Waals surface area contributed by atoms with E-state index in [0.717, 1.165) is 10.0 Å². The maximum absolute atomic E-state index is 12.1. The van der Waals surface area contributed by atoms with Gasteiger partial charge in [0.2, 0.25) is 0 Å². The summed E-state index contributed by atoms with van der Waals surface area (Å²) in [4.78, 5) is 12.1. The van der Waals surface area contributed by atoms with Gasteiger partial charge in [0.15, 0.2) is 0 Å². The number of amides is 1. The molecule has 0 saturated heterocycles. The van der Waals surface area contributed by atoms with Gasteiger partial charge in [0.25, 0.3) is 5.91 Å². The molecular formula is C15H11BrN2O2. The Kier molecular flexibility index (Phi) is 4.06. The van der Waals surface area contributed by atoms with Gasteiger partial charge in [-0.05, 0) is 37.3 Å². The van der Waals surface area contributed by atoms with Crippen LogP contribution in [0.25, 0.3) is 0 Å². The number of hydrogen-bond acceptors (Lipinski definition) is 3. The number of halogens is 1. The fraction of sp³-hybridized carbons (Fsp3) is 0.0667. The summed E-state index contributed by atoms with van der Waals surface area (Å²) in [5, 5.41) is 21.4. The number of nitriles is 1. The highest BCUT2D eigenvalue weighted by Gasteiger charge is 2.13. The summed E-state index contributed by atoms with van der Waals surface area (Å²) in [7, 11) is 0. The van der Waals surface area contributed by atoms with Crippen LogP contribution in [0.1, 0.15) is 21.5 Å². The molecule has 0 aliphatic rings. The molecule has 0 aromatic heterocycles. The standard InChI is InChI=1S/C15H11BrN2O2/c1-9-2-5-14(19)12(6-9)15(20)18-13-4-3-11(16)7-10(13)8-17/h2-7,19H,1H3,(H,18,20). The fourth-order valence-electron chi connectivity index (χ4n) is 1.74. The predicted molar refractivity (Wildman–Crippen MR) is 79.7 cm³/mol. The Morgan fingerprint density at radius 3 is 2.75 bits per heavy atom. The number of carbonyl (C=O) groups is 1. The van der Waals surface area contributed by atoms with Crippen molar-refractivity contribution in [2.45, 2.75) is 6.92 Å². The molecule has 2 aromatic carbocycles. The van der Waals surface area contributed by atoms with Gasteiger partial charge in [0, 0.05) is 4.47 Å². The molecular weight excluding hydrogens is 320 g/mol. The maximum atomic E-state index is 12.1. The van der Waals surface area contributed by atoms with E-state index in [1.807, 2.05) is 13.0 Å². The third-order valence-electron chi connectivity index (χ3n) is 2.75. The quantitative estimate of drug-likeness (QED) is 0.883. The monoisotopic (exact) mass is 330 g/mol. The van der Waals surface area contributed by atoms with Crippen molar-refractivity contribution in [2.24, 2.45) is 0 Å². The molecule has 0 aliphatic carbocycles. The van der Waals surface area contributed by atoms with Gasteiger partial charge >= 0.3 is 0 Å². The van der Waals surface area contributed by atoms with Gasteiger partial charge in [-0.3, -0.25) is 4.79 Å². The topological polar surface area (TPSA) is 73.1 Å². The second-order valence-electron chi connectivity index (χ2n) is 4.28. The van der Waals surface area contributed by atoms with Crippen LogP contribution in [0.5, 0.6) is 5.75 Å². The molecule has 5 heteroatoms. The smallest absolute Gasteiger partial charge is 0.259 e. The van der Waals surface area contributed by atoms with Gasteiger partial charge in [0.1, 0.15) is 11.8 Å². The van der Waals surface area contributed by atoms with Crippen LogP contribution >= 0.6 is 15.9 Å². The van der Waals surface area contributed by atoms with Crippen molar-refractivity contribution in [3.05, 3.63) is 57.6 Å². The minimum Gasteiger partial charge on any atom is -0.507 e. The zero-order chi connectivity index (χ0) is 14.7. The van der Waals surface area contributed by atoms with E-state index in [1.54, 1.807) is 30.3 Å². The van der Waals surface area contributed by atoms with Crippen molar-refractivity contribution in [3.63, 3.8) is 0 Å². The molecule has 0 bridgehead atoms. The normalized spacial score (nSPS) is 9.85. The van der Waals surface area contributed by atoms with Crippen LogP contribution in [0.15, 0.2) is 40.9 Å². The van der Waals surface area contributed by atoms with E-state index in [9.17, 15) is 9.90 Å². The fourth-order valence-corrected chi connectivity index (χ4v) is 2.10. The number of rotatable bonds is 2. The minimum absolute atomic E-state index is 0.0938. The molecule has 0 spiro atoms. The van der Waals surface area contributed by atoms with Gasteiger partial charge in [-0.1, -0.05) is 27.6 Å². The molecule has 0 saturated carbocycles. The first-order valence-electron chi connectivity index (χ1n) is 5.82. The summed E-state index contributed by atoms with van der Waals surface area (Å²) in [6, 6.07) is 11.8. The number of carbonyl (C=O) groups excluding carboxylic acids is 1. The van der Waals surface area contributed by atoms with Crippen molar-refractivity contribution >= 4 is 27.5 Å². The molecule has 20 heavy (non-hydrogen) atoms. The third kappa shape index (κ3) is 2.98. The summed E-state index contributed by atoms with van der Waals surface area (Å²) >= 11 is 3.27. The average molecular weight is 331 g/mol. The van der Waals surface area contributed by atoms with Gasteiger partial charge in [0.05, 0.1) is 16.8 Å². The lowest BCUT2D eigenvalue weighted by Crippen LogP contribution is -2.13. The Bertz CT molecular complexity index is 720. The third-order valence-corrected chi connectivity index (χ3v) is 3.24. The van der Waals surface area contributed by atoms with Crippen LogP contribution in [0.4, 0.5) is 5.69 Å². The van der Waals surface area contributed by atoms with Crippen molar-refractivity contribution in [1.82, 2.24) is 0 Å². The number of nitrogens with one attached hydrogen (secondary N) is 1. The number of aromatic hydroxyl groups is 1. The van der Waals surface area contributed by atoms with E-state index in [1.165, 1.54) is 6.07 Å². The zero-order valence-electron chi connectivity index (χ0n) is 10.6. The predicted octanol–water partition coefficient (Wildman–Crippen LogP) is 3.59. The number of hydrogen-bond donors (Lipinski definition) is 2. The Morgan fingerprint density at radius 1 is 1.30 bits per heavy atom. The number of benzene rings is 2. The lowest BCUT2D eigenvalue weighted by Gasteiger charge is -2.09. The molecule has 0 fully saturated rings. The molecule has 1 amide bonds. The second-order valence-corrected chi connectivity index (χ2v) is 5.19. The largest absolute Gasteiger partial charge is 0.507 e. The van der Waals surface area contributed by atoms with Gasteiger partial charge < -0.3 is 10.4 Å². The van der Waals surface area contributed by atoms with Gasteiger partial charge in [-0.2, -0.15) is 5.26 Å². The molecule has 100 valence electrons. The molecule has 2 N–H and O–H groups in total. The van der Waals surface area contributed by atoms with Gasteiger partial charge in [-0.25, -0.2) is 0 Å². The highest BCUT2D eigenvalue weighted by Crippen LogP contribution is 2.23. The van der Waals surface area contributed by atoms with E-state index in [0.29, 0.717) is 11.3 Å². The molecule has 2 rings (SSSR count). The number of aryl methyl sites for hydroxylation is 1. The molecule has 0 unspecified atom stereocenters. The lowest BCUT2D eigenvalue weighted by atomic mass is 10.1. The minimum atomic E-state index is -0.454. The number of anilines is 1. The first-order chi connectivity index (χ1) is 9.51. The summed E-state index contributed by atoms with van der Waals surface area (Å²) in [6.45, 7) is 1.83. The van der Waals surface area contributed by atoms with Crippen LogP contribution in [0, 0.1) is 18.3 Å². The highest BCUT2D eigenvalue weighted by molar-refractivity contribution is 9.10. The van der Waals surface area contributed by atoms with Crippen LogP contribution in [0.3, 0.4) is 0 Å². The zero-order valence-corrected chi connectivity index (χ0v) is 12.2. The number of nitrogens with zero attached hydrogens (tertiary/aromatic N) is 1. The Morgan fingerprint density at radius 2 is 2.05 bits per heavy atom. The molecule has 0 aliphatic heterocycles.